The maximum Gasteiger partial charge on any atom is 0.335 e. The second kappa shape index (κ2) is 6.06. The van der Waals surface area contributed by atoms with E-state index in [1.165, 1.54) is 19.2 Å². The van der Waals surface area contributed by atoms with Gasteiger partial charge in [0, 0.05) is 6.20 Å². The number of carboxylic acid groups (broad SMARTS) is 1. The number of hydrogen-bond acceptors (Lipinski definition) is 4. The summed E-state index contributed by atoms with van der Waals surface area (Å²) < 4.78 is 10.9. The number of carbonyl (C=O) groups is 1. The molecule has 1 unspecified atom stereocenters. The molecule has 5 nitrogen and oxygen atoms in total. The standard InChI is InChI=1S/C15H15NO4/c1-10(12-5-3-4-8-16-12)20-14-9-11(15(17)18)6-7-13(14)19-2/h3-10H,1-2H3,(H,17,18). The molecule has 1 aromatic heterocycles. The van der Waals surface area contributed by atoms with Gasteiger partial charge in [0.05, 0.1) is 18.4 Å². The highest BCUT2D eigenvalue weighted by molar-refractivity contribution is 5.88. The second-order valence-corrected chi connectivity index (χ2v) is 4.19. The van der Waals surface area contributed by atoms with Gasteiger partial charge in [0.1, 0.15) is 6.10 Å². The molecule has 0 saturated carbocycles. The number of methoxy groups -OCH3 is 1. The van der Waals surface area contributed by atoms with Crippen LogP contribution in [0.5, 0.6) is 11.5 Å². The van der Waals surface area contributed by atoms with Crippen molar-refractivity contribution < 1.29 is 19.4 Å². The van der Waals surface area contributed by atoms with E-state index in [0.29, 0.717) is 11.5 Å². The lowest BCUT2D eigenvalue weighted by molar-refractivity contribution is 0.0696. The Kier molecular flexibility index (Phi) is 4.20. The van der Waals surface area contributed by atoms with Crippen molar-refractivity contribution in [3.05, 3.63) is 53.9 Å². The van der Waals surface area contributed by atoms with Gasteiger partial charge < -0.3 is 14.6 Å². The van der Waals surface area contributed by atoms with Gasteiger partial charge in [-0.25, -0.2) is 4.79 Å². The fraction of sp³-hybridized carbons (Fsp3) is 0.200. The van der Waals surface area contributed by atoms with E-state index in [9.17, 15) is 4.79 Å². The minimum atomic E-state index is -1.01. The fourth-order valence-electron chi connectivity index (χ4n) is 1.77. The van der Waals surface area contributed by atoms with E-state index in [4.69, 9.17) is 14.6 Å². The van der Waals surface area contributed by atoms with Crippen molar-refractivity contribution in [1.82, 2.24) is 4.98 Å². The largest absolute Gasteiger partial charge is 0.493 e. The van der Waals surface area contributed by atoms with E-state index in [1.807, 2.05) is 25.1 Å². The van der Waals surface area contributed by atoms with Crippen LogP contribution in [0.4, 0.5) is 0 Å². The summed E-state index contributed by atoms with van der Waals surface area (Å²) >= 11 is 0. The molecule has 2 rings (SSSR count). The molecule has 104 valence electrons. The zero-order valence-corrected chi connectivity index (χ0v) is 11.2. The summed E-state index contributed by atoms with van der Waals surface area (Å²) in [4.78, 5) is 15.2. The van der Waals surface area contributed by atoms with Crippen molar-refractivity contribution >= 4 is 5.97 Å². The van der Waals surface area contributed by atoms with Crippen LogP contribution in [-0.2, 0) is 0 Å². The number of nitrogens with zero attached hydrogens (tertiary/aromatic N) is 1. The Hall–Kier alpha value is -2.56. The zero-order valence-electron chi connectivity index (χ0n) is 11.2. The molecular formula is C15H15NO4. The first-order valence-electron chi connectivity index (χ1n) is 6.10. The van der Waals surface area contributed by atoms with Crippen molar-refractivity contribution in [2.45, 2.75) is 13.0 Å². The summed E-state index contributed by atoms with van der Waals surface area (Å²) in [5, 5.41) is 9.02. The van der Waals surface area contributed by atoms with Crippen LogP contribution in [0.1, 0.15) is 29.1 Å². The van der Waals surface area contributed by atoms with Gasteiger partial charge in [-0.1, -0.05) is 6.07 Å². The van der Waals surface area contributed by atoms with Crippen LogP contribution in [0.15, 0.2) is 42.6 Å². The lowest BCUT2D eigenvalue weighted by Crippen LogP contribution is -2.07. The SMILES string of the molecule is COc1ccc(C(=O)O)cc1OC(C)c1ccccn1. The maximum atomic E-state index is 11.0. The van der Waals surface area contributed by atoms with Gasteiger partial charge in [0.2, 0.25) is 0 Å². The second-order valence-electron chi connectivity index (χ2n) is 4.19. The Morgan fingerprint density at radius 3 is 2.65 bits per heavy atom. The number of ether oxygens (including phenoxy) is 2. The van der Waals surface area contributed by atoms with Gasteiger partial charge in [-0.05, 0) is 37.3 Å². The van der Waals surface area contributed by atoms with Crippen LogP contribution in [0, 0.1) is 0 Å². The fourth-order valence-corrected chi connectivity index (χ4v) is 1.77. The number of hydrogen-bond donors (Lipinski definition) is 1. The number of pyridine rings is 1. The van der Waals surface area contributed by atoms with Crippen molar-refractivity contribution in [2.24, 2.45) is 0 Å². The van der Waals surface area contributed by atoms with Crippen molar-refractivity contribution in [3.8, 4) is 11.5 Å². The zero-order chi connectivity index (χ0) is 14.5. The minimum Gasteiger partial charge on any atom is -0.493 e. The quantitative estimate of drug-likeness (QED) is 0.907. The first-order chi connectivity index (χ1) is 9.61. The molecule has 0 saturated heterocycles. The third-order valence-corrected chi connectivity index (χ3v) is 2.82. The summed E-state index contributed by atoms with van der Waals surface area (Å²) in [7, 11) is 1.51. The van der Waals surface area contributed by atoms with Gasteiger partial charge in [0.25, 0.3) is 0 Å². The smallest absolute Gasteiger partial charge is 0.335 e. The average Bonchev–Trinajstić information content (AvgIpc) is 2.48. The number of carboxylic acids is 1. The number of aromatic carboxylic acids is 1. The molecular weight excluding hydrogens is 258 g/mol. The highest BCUT2D eigenvalue weighted by Crippen LogP contribution is 2.31. The van der Waals surface area contributed by atoms with Crippen LogP contribution >= 0.6 is 0 Å². The molecule has 0 bridgehead atoms. The van der Waals surface area contributed by atoms with E-state index in [-0.39, 0.29) is 11.7 Å². The van der Waals surface area contributed by atoms with Gasteiger partial charge in [-0.3, -0.25) is 4.98 Å². The van der Waals surface area contributed by atoms with E-state index in [1.54, 1.807) is 12.3 Å². The lowest BCUT2D eigenvalue weighted by Gasteiger charge is -2.16. The van der Waals surface area contributed by atoms with Crippen LogP contribution in [0.3, 0.4) is 0 Å². The lowest BCUT2D eigenvalue weighted by atomic mass is 10.2. The first kappa shape index (κ1) is 13.9. The van der Waals surface area contributed by atoms with Crippen LogP contribution in [0.25, 0.3) is 0 Å². The summed E-state index contributed by atoms with van der Waals surface area (Å²) in [6, 6.07) is 10.0. The molecule has 0 aliphatic heterocycles. The molecule has 0 fully saturated rings. The molecule has 0 amide bonds. The van der Waals surface area contributed by atoms with Crippen molar-refractivity contribution in [3.63, 3.8) is 0 Å². The number of benzene rings is 1. The Labute approximate surface area is 116 Å². The average molecular weight is 273 g/mol. The maximum absolute atomic E-state index is 11.0. The Morgan fingerprint density at radius 1 is 1.25 bits per heavy atom. The third kappa shape index (κ3) is 3.06. The molecule has 20 heavy (non-hydrogen) atoms. The molecule has 0 aliphatic carbocycles. The molecule has 0 aliphatic rings. The molecule has 1 atom stereocenters. The third-order valence-electron chi connectivity index (χ3n) is 2.82. The number of aromatic nitrogens is 1. The van der Waals surface area contributed by atoms with Gasteiger partial charge in [-0.2, -0.15) is 0 Å². The normalized spacial score (nSPS) is 11.7. The summed E-state index contributed by atoms with van der Waals surface area (Å²) in [5.41, 5.74) is 0.907. The molecule has 0 spiro atoms. The Balaban J connectivity index is 2.27. The van der Waals surface area contributed by atoms with Gasteiger partial charge in [0.15, 0.2) is 11.5 Å². The highest BCUT2D eigenvalue weighted by Gasteiger charge is 2.14. The Morgan fingerprint density at radius 2 is 2.05 bits per heavy atom. The topological polar surface area (TPSA) is 68.7 Å². The van der Waals surface area contributed by atoms with E-state index in [2.05, 4.69) is 4.98 Å². The molecule has 1 aromatic carbocycles. The van der Waals surface area contributed by atoms with Crippen LogP contribution in [0.2, 0.25) is 0 Å². The summed E-state index contributed by atoms with van der Waals surface area (Å²) in [6.07, 6.45) is 1.37. The highest BCUT2D eigenvalue weighted by atomic mass is 16.5. The van der Waals surface area contributed by atoms with Crippen molar-refractivity contribution in [2.75, 3.05) is 7.11 Å². The number of rotatable bonds is 5. The van der Waals surface area contributed by atoms with Gasteiger partial charge >= 0.3 is 5.97 Å². The predicted octanol–water partition coefficient (Wildman–Crippen LogP) is 2.93. The Bertz CT molecular complexity index is 598. The monoisotopic (exact) mass is 273 g/mol. The predicted molar refractivity (Wildman–Crippen MR) is 73.2 cm³/mol. The molecule has 5 heteroatoms. The van der Waals surface area contributed by atoms with Crippen LogP contribution < -0.4 is 9.47 Å². The molecule has 0 radical (unpaired) electrons. The molecule has 2 aromatic rings. The van der Waals surface area contributed by atoms with Crippen molar-refractivity contribution in [1.29, 1.82) is 0 Å². The molecule has 1 heterocycles. The first-order valence-corrected chi connectivity index (χ1v) is 6.10. The van der Waals surface area contributed by atoms with E-state index < -0.39 is 5.97 Å². The summed E-state index contributed by atoms with van der Waals surface area (Å²) in [6.45, 7) is 1.84. The minimum absolute atomic E-state index is 0.147. The summed E-state index contributed by atoms with van der Waals surface area (Å²) in [5.74, 6) is -0.147. The van der Waals surface area contributed by atoms with Crippen LogP contribution in [-0.4, -0.2) is 23.2 Å². The van der Waals surface area contributed by atoms with E-state index in [0.717, 1.165) is 5.69 Å². The van der Waals surface area contributed by atoms with E-state index >= 15 is 0 Å². The molecule has 1 N–H and O–H groups in total. The van der Waals surface area contributed by atoms with Gasteiger partial charge in [-0.15, -0.1) is 0 Å².